The normalized spacial score (nSPS) is 10.7. The molecule has 0 saturated carbocycles. The Morgan fingerprint density at radius 2 is 2.04 bits per heavy atom. The van der Waals surface area contributed by atoms with Crippen molar-refractivity contribution < 1.29 is 13.6 Å². The highest BCUT2D eigenvalue weighted by Gasteiger charge is 2.15. The lowest BCUT2D eigenvalue weighted by molar-refractivity contribution is -0.127. The van der Waals surface area contributed by atoms with Crippen molar-refractivity contribution >= 4 is 29.3 Å². The Labute approximate surface area is 159 Å². The van der Waals surface area contributed by atoms with Crippen molar-refractivity contribution in [3.63, 3.8) is 0 Å². The Balaban J connectivity index is 1.57. The highest BCUT2D eigenvalue weighted by atomic mass is 35.5. The number of hydrogen-bond acceptors (Lipinski definition) is 5. The van der Waals surface area contributed by atoms with Gasteiger partial charge in [0, 0.05) is 18.6 Å². The molecule has 3 rings (SSSR count). The summed E-state index contributed by atoms with van der Waals surface area (Å²) in [5.74, 6) is -0.313. The first-order valence-electron chi connectivity index (χ1n) is 7.72. The zero-order valence-corrected chi connectivity index (χ0v) is 15.4. The molecule has 26 heavy (non-hydrogen) atoms. The fraction of sp³-hybridized carbons (Fsp3) is 0.167. The van der Waals surface area contributed by atoms with Gasteiger partial charge in [0.25, 0.3) is 11.1 Å². The SMILES string of the molecule is CN(Cc1cccc(Cl)c1)C(=O)CSc1nnc(-c2ccccc2F)o1. The second kappa shape index (κ2) is 8.33. The van der Waals surface area contributed by atoms with Crippen LogP contribution in [0.25, 0.3) is 11.5 Å². The molecule has 0 bridgehead atoms. The van der Waals surface area contributed by atoms with Crippen LogP contribution in [0.3, 0.4) is 0 Å². The smallest absolute Gasteiger partial charge is 0.277 e. The van der Waals surface area contributed by atoms with Crippen molar-refractivity contribution in [1.29, 1.82) is 0 Å². The summed E-state index contributed by atoms with van der Waals surface area (Å²) >= 11 is 7.06. The van der Waals surface area contributed by atoms with Gasteiger partial charge in [-0.25, -0.2) is 4.39 Å². The third-order valence-electron chi connectivity index (χ3n) is 3.56. The van der Waals surface area contributed by atoms with E-state index in [-0.39, 0.29) is 28.3 Å². The molecule has 0 atom stereocenters. The van der Waals surface area contributed by atoms with Crippen molar-refractivity contribution in [2.45, 2.75) is 11.8 Å². The molecule has 0 N–H and O–H groups in total. The molecule has 0 aliphatic carbocycles. The van der Waals surface area contributed by atoms with Gasteiger partial charge in [0.05, 0.1) is 11.3 Å². The van der Waals surface area contributed by atoms with Gasteiger partial charge in [-0.15, -0.1) is 10.2 Å². The van der Waals surface area contributed by atoms with Crippen LogP contribution in [-0.2, 0) is 11.3 Å². The minimum atomic E-state index is -0.440. The van der Waals surface area contributed by atoms with Crippen LogP contribution in [0.5, 0.6) is 0 Å². The molecular formula is C18H15ClFN3O2S. The molecule has 1 heterocycles. The monoisotopic (exact) mass is 391 g/mol. The van der Waals surface area contributed by atoms with Crippen molar-refractivity contribution in [3.8, 4) is 11.5 Å². The fourth-order valence-electron chi connectivity index (χ4n) is 2.24. The largest absolute Gasteiger partial charge is 0.411 e. The van der Waals surface area contributed by atoms with E-state index in [1.165, 1.54) is 6.07 Å². The van der Waals surface area contributed by atoms with Crippen LogP contribution in [0.15, 0.2) is 58.2 Å². The number of hydrogen-bond donors (Lipinski definition) is 0. The Bertz CT molecular complexity index is 919. The van der Waals surface area contributed by atoms with Gasteiger partial charge in [-0.1, -0.05) is 47.6 Å². The molecule has 2 aromatic carbocycles. The molecular weight excluding hydrogens is 377 g/mol. The van der Waals surface area contributed by atoms with Crippen LogP contribution >= 0.6 is 23.4 Å². The van der Waals surface area contributed by atoms with Gasteiger partial charge in [-0.3, -0.25) is 4.79 Å². The number of amides is 1. The van der Waals surface area contributed by atoms with Gasteiger partial charge in [0.2, 0.25) is 5.91 Å². The molecule has 3 aromatic rings. The number of carbonyl (C=O) groups excluding carboxylic acids is 1. The molecule has 0 aliphatic heterocycles. The van der Waals surface area contributed by atoms with Crippen LogP contribution in [0, 0.1) is 5.82 Å². The van der Waals surface area contributed by atoms with Gasteiger partial charge in [0.1, 0.15) is 5.82 Å². The average Bonchev–Trinajstić information content (AvgIpc) is 3.09. The third-order valence-corrected chi connectivity index (χ3v) is 4.60. The number of halogens is 2. The van der Waals surface area contributed by atoms with Gasteiger partial charge < -0.3 is 9.32 Å². The number of thioether (sulfide) groups is 1. The van der Waals surface area contributed by atoms with Crippen LogP contribution in [0.2, 0.25) is 5.02 Å². The molecule has 0 radical (unpaired) electrons. The van der Waals surface area contributed by atoms with E-state index in [9.17, 15) is 9.18 Å². The van der Waals surface area contributed by atoms with Gasteiger partial charge in [-0.05, 0) is 29.8 Å². The van der Waals surface area contributed by atoms with E-state index in [2.05, 4.69) is 10.2 Å². The molecule has 1 aromatic heterocycles. The minimum Gasteiger partial charge on any atom is -0.411 e. The lowest BCUT2D eigenvalue weighted by Gasteiger charge is -2.16. The summed E-state index contributed by atoms with van der Waals surface area (Å²) in [5.41, 5.74) is 1.18. The first kappa shape index (κ1) is 18.4. The Hall–Kier alpha value is -2.38. The van der Waals surface area contributed by atoms with E-state index in [1.807, 2.05) is 18.2 Å². The summed E-state index contributed by atoms with van der Waals surface area (Å²) in [6, 6.07) is 13.5. The van der Waals surface area contributed by atoms with Crippen LogP contribution in [0.4, 0.5) is 4.39 Å². The second-order valence-corrected chi connectivity index (χ2v) is 6.88. The Kier molecular flexibility index (Phi) is 5.90. The number of aromatic nitrogens is 2. The maximum atomic E-state index is 13.7. The fourth-order valence-corrected chi connectivity index (χ4v) is 3.16. The standard InChI is InChI=1S/C18H15ClFN3O2S/c1-23(10-12-5-4-6-13(19)9-12)16(24)11-26-18-22-21-17(25-18)14-7-2-3-8-15(14)20/h2-9H,10-11H2,1H3. The highest BCUT2D eigenvalue weighted by Crippen LogP contribution is 2.25. The molecule has 5 nitrogen and oxygen atoms in total. The van der Waals surface area contributed by atoms with E-state index >= 15 is 0 Å². The predicted octanol–water partition coefficient (Wildman–Crippen LogP) is 4.28. The summed E-state index contributed by atoms with van der Waals surface area (Å²) in [5, 5.41) is 8.53. The maximum Gasteiger partial charge on any atom is 0.277 e. The minimum absolute atomic E-state index is 0.0883. The van der Waals surface area contributed by atoms with Crippen molar-refractivity contribution in [1.82, 2.24) is 15.1 Å². The van der Waals surface area contributed by atoms with E-state index in [1.54, 1.807) is 36.2 Å². The number of benzene rings is 2. The zero-order chi connectivity index (χ0) is 18.5. The first-order valence-corrected chi connectivity index (χ1v) is 9.09. The summed E-state index contributed by atoms with van der Waals surface area (Å²) in [7, 11) is 1.71. The molecule has 0 fully saturated rings. The van der Waals surface area contributed by atoms with Crippen LogP contribution < -0.4 is 0 Å². The lowest BCUT2D eigenvalue weighted by atomic mass is 10.2. The summed E-state index contributed by atoms with van der Waals surface area (Å²) in [6.07, 6.45) is 0. The molecule has 134 valence electrons. The third kappa shape index (κ3) is 4.62. The first-order chi connectivity index (χ1) is 12.5. The maximum absolute atomic E-state index is 13.7. The highest BCUT2D eigenvalue weighted by molar-refractivity contribution is 7.99. The number of nitrogens with zero attached hydrogens (tertiary/aromatic N) is 3. The zero-order valence-electron chi connectivity index (χ0n) is 13.9. The van der Waals surface area contributed by atoms with Crippen LogP contribution in [0.1, 0.15) is 5.56 Å². The molecule has 0 spiro atoms. The van der Waals surface area contributed by atoms with E-state index in [0.717, 1.165) is 17.3 Å². The van der Waals surface area contributed by atoms with E-state index in [0.29, 0.717) is 11.6 Å². The molecule has 0 unspecified atom stereocenters. The Morgan fingerprint density at radius 1 is 1.23 bits per heavy atom. The van der Waals surface area contributed by atoms with Crippen molar-refractivity contribution in [3.05, 3.63) is 64.9 Å². The van der Waals surface area contributed by atoms with Gasteiger partial charge in [-0.2, -0.15) is 0 Å². The van der Waals surface area contributed by atoms with Gasteiger partial charge in [0.15, 0.2) is 0 Å². The summed E-state index contributed by atoms with van der Waals surface area (Å²) in [4.78, 5) is 13.8. The quantitative estimate of drug-likeness (QED) is 0.587. The van der Waals surface area contributed by atoms with E-state index in [4.69, 9.17) is 16.0 Å². The van der Waals surface area contributed by atoms with Crippen molar-refractivity contribution in [2.24, 2.45) is 0 Å². The molecule has 0 saturated heterocycles. The Morgan fingerprint density at radius 3 is 2.81 bits per heavy atom. The number of carbonyl (C=O) groups is 1. The molecule has 1 amide bonds. The molecule has 0 aliphatic rings. The summed E-state index contributed by atoms with van der Waals surface area (Å²) in [6.45, 7) is 0.449. The summed E-state index contributed by atoms with van der Waals surface area (Å²) < 4.78 is 19.2. The average molecular weight is 392 g/mol. The van der Waals surface area contributed by atoms with Crippen molar-refractivity contribution in [2.75, 3.05) is 12.8 Å². The second-order valence-electron chi connectivity index (χ2n) is 5.52. The van der Waals surface area contributed by atoms with Crippen LogP contribution in [-0.4, -0.2) is 33.8 Å². The molecule has 8 heteroatoms. The predicted molar refractivity (Wildman–Crippen MR) is 98.3 cm³/mol. The topological polar surface area (TPSA) is 59.2 Å². The number of rotatable bonds is 6. The van der Waals surface area contributed by atoms with Gasteiger partial charge >= 0.3 is 0 Å². The van der Waals surface area contributed by atoms with E-state index < -0.39 is 5.82 Å². The lowest BCUT2D eigenvalue weighted by Crippen LogP contribution is -2.27.